The lowest BCUT2D eigenvalue weighted by atomic mass is 9.82. The Balaban J connectivity index is 1.11. The van der Waals surface area contributed by atoms with E-state index in [4.69, 9.17) is 9.72 Å². The minimum absolute atomic E-state index is 0.0661. The number of piperidine rings is 2. The molecule has 43 heavy (non-hydrogen) atoms. The van der Waals surface area contributed by atoms with Gasteiger partial charge in [0.15, 0.2) is 5.82 Å². The summed E-state index contributed by atoms with van der Waals surface area (Å²) in [6, 6.07) is 7.17. The van der Waals surface area contributed by atoms with Crippen LogP contribution in [0.2, 0.25) is 0 Å². The summed E-state index contributed by atoms with van der Waals surface area (Å²) in [5.74, 6) is 1.93. The maximum absolute atomic E-state index is 13.4. The normalized spacial score (nSPS) is 27.0. The van der Waals surface area contributed by atoms with Gasteiger partial charge in [0, 0.05) is 43.3 Å². The van der Waals surface area contributed by atoms with Crippen molar-refractivity contribution in [3.8, 4) is 5.75 Å². The highest BCUT2D eigenvalue weighted by molar-refractivity contribution is 6.03. The van der Waals surface area contributed by atoms with Crippen molar-refractivity contribution in [3.63, 3.8) is 0 Å². The molecule has 2 amide bonds. The summed E-state index contributed by atoms with van der Waals surface area (Å²) in [4.78, 5) is 43.0. The van der Waals surface area contributed by atoms with Gasteiger partial charge in [-0.3, -0.25) is 9.59 Å². The van der Waals surface area contributed by atoms with Crippen molar-refractivity contribution < 1.29 is 14.3 Å². The van der Waals surface area contributed by atoms with Crippen molar-refractivity contribution in [1.29, 1.82) is 0 Å². The molecule has 1 aromatic heterocycles. The van der Waals surface area contributed by atoms with Gasteiger partial charge in [-0.1, -0.05) is 25.7 Å². The van der Waals surface area contributed by atoms with Gasteiger partial charge in [0.1, 0.15) is 11.4 Å². The Bertz CT molecular complexity index is 1370. The van der Waals surface area contributed by atoms with Crippen LogP contribution in [-0.4, -0.2) is 78.6 Å². The summed E-state index contributed by atoms with van der Waals surface area (Å²) in [6.45, 7) is 0.718. The van der Waals surface area contributed by atoms with Gasteiger partial charge in [-0.05, 0) is 76.6 Å². The van der Waals surface area contributed by atoms with E-state index in [1.54, 1.807) is 24.3 Å². The maximum Gasteiger partial charge on any atom is 0.251 e. The molecule has 230 valence electrons. The van der Waals surface area contributed by atoms with Gasteiger partial charge in [0.05, 0.1) is 24.4 Å². The van der Waals surface area contributed by atoms with Gasteiger partial charge < -0.3 is 30.1 Å². The quantitative estimate of drug-likeness (QED) is 0.494. The highest BCUT2D eigenvalue weighted by Crippen LogP contribution is 2.52. The minimum Gasteiger partial charge on any atom is -0.495 e. The number of nitrogens with one attached hydrogen (secondary N) is 2. The average molecular weight is 588 g/mol. The summed E-state index contributed by atoms with van der Waals surface area (Å²) < 4.78 is 5.72. The second-order valence-electron chi connectivity index (χ2n) is 13.6. The molecule has 4 fully saturated rings. The van der Waals surface area contributed by atoms with E-state index in [1.807, 2.05) is 19.2 Å². The summed E-state index contributed by atoms with van der Waals surface area (Å²) in [5.41, 5.74) is 1.73. The molecule has 3 aliphatic heterocycles. The van der Waals surface area contributed by atoms with Crippen LogP contribution >= 0.6 is 0 Å². The number of methoxy groups -OCH3 is 1. The van der Waals surface area contributed by atoms with E-state index in [9.17, 15) is 9.59 Å². The van der Waals surface area contributed by atoms with Crippen molar-refractivity contribution in [2.45, 2.75) is 101 Å². The van der Waals surface area contributed by atoms with Crippen LogP contribution in [0.4, 0.5) is 23.1 Å². The van der Waals surface area contributed by atoms with Crippen LogP contribution in [0, 0.1) is 5.41 Å². The molecule has 0 radical (unpaired) electrons. The van der Waals surface area contributed by atoms with Crippen molar-refractivity contribution in [2.24, 2.45) is 5.41 Å². The van der Waals surface area contributed by atoms with Gasteiger partial charge in [-0.15, -0.1) is 0 Å². The third kappa shape index (κ3) is 5.32. The zero-order chi connectivity index (χ0) is 29.7. The van der Waals surface area contributed by atoms with E-state index >= 15 is 0 Å². The fraction of sp³-hybridized carbons (Fsp3) is 0.636. The molecule has 2 unspecified atom stereocenters. The van der Waals surface area contributed by atoms with Crippen LogP contribution in [0.1, 0.15) is 87.4 Å². The average Bonchev–Trinajstić information content (AvgIpc) is 3.81. The van der Waals surface area contributed by atoms with Crippen molar-refractivity contribution in [2.75, 3.05) is 42.9 Å². The number of rotatable bonds is 6. The number of anilines is 4. The number of nitrogens with zero attached hydrogens (tertiary/aromatic N) is 5. The van der Waals surface area contributed by atoms with Crippen LogP contribution in [-0.2, 0) is 4.79 Å². The van der Waals surface area contributed by atoms with Gasteiger partial charge in [-0.25, -0.2) is 4.98 Å². The zero-order valence-corrected chi connectivity index (χ0v) is 25.8. The third-order valence-electron chi connectivity index (χ3n) is 10.9. The number of fused-ring (bicyclic) bond motifs is 3. The second-order valence-corrected chi connectivity index (χ2v) is 13.6. The third-order valence-corrected chi connectivity index (χ3v) is 10.9. The summed E-state index contributed by atoms with van der Waals surface area (Å²) in [7, 11) is 5.69. The molecule has 10 nitrogen and oxygen atoms in total. The summed E-state index contributed by atoms with van der Waals surface area (Å²) in [6.07, 6.45) is 15.3. The van der Waals surface area contributed by atoms with Crippen molar-refractivity contribution in [1.82, 2.24) is 20.2 Å². The Morgan fingerprint density at radius 3 is 2.42 bits per heavy atom. The van der Waals surface area contributed by atoms with Crippen LogP contribution in [0.3, 0.4) is 0 Å². The molecule has 1 spiro atoms. The largest absolute Gasteiger partial charge is 0.495 e. The molecule has 2 atom stereocenters. The molecule has 4 heterocycles. The highest BCUT2D eigenvalue weighted by Gasteiger charge is 2.55. The number of hydrogen-bond donors (Lipinski definition) is 2. The Kier molecular flexibility index (Phi) is 7.43. The second kappa shape index (κ2) is 11.3. The maximum atomic E-state index is 13.4. The first-order valence-electron chi connectivity index (χ1n) is 16.2. The van der Waals surface area contributed by atoms with Gasteiger partial charge >= 0.3 is 0 Å². The first kappa shape index (κ1) is 28.4. The fourth-order valence-corrected chi connectivity index (χ4v) is 8.08. The number of amides is 2. The van der Waals surface area contributed by atoms with Crippen LogP contribution in [0.25, 0.3) is 0 Å². The van der Waals surface area contributed by atoms with E-state index in [2.05, 4.69) is 32.5 Å². The van der Waals surface area contributed by atoms with Crippen LogP contribution in [0.15, 0.2) is 24.4 Å². The predicted octanol–water partition coefficient (Wildman–Crippen LogP) is 4.87. The summed E-state index contributed by atoms with van der Waals surface area (Å²) >= 11 is 0. The molecule has 7 rings (SSSR count). The molecular weight excluding hydrogens is 542 g/mol. The molecule has 2 saturated heterocycles. The highest BCUT2D eigenvalue weighted by atomic mass is 16.5. The zero-order valence-electron chi connectivity index (χ0n) is 25.8. The molecular formula is C33H45N7O3. The molecule has 10 heteroatoms. The van der Waals surface area contributed by atoms with Crippen LogP contribution in [0.5, 0.6) is 5.75 Å². The Morgan fingerprint density at radius 1 is 1.00 bits per heavy atom. The topological polar surface area (TPSA) is 103 Å². The fourth-order valence-electron chi connectivity index (χ4n) is 8.08. The number of hydrogen-bond acceptors (Lipinski definition) is 8. The molecule has 1 aromatic carbocycles. The number of carbonyl (C=O) groups excluding carboxylic acids is 2. The monoisotopic (exact) mass is 587 g/mol. The Hall–Kier alpha value is -3.40. The van der Waals surface area contributed by atoms with E-state index < -0.39 is 0 Å². The van der Waals surface area contributed by atoms with Crippen molar-refractivity contribution in [3.05, 3.63) is 30.0 Å². The number of ether oxygens (including phenoxy) is 1. The number of benzene rings is 1. The van der Waals surface area contributed by atoms with E-state index in [0.717, 1.165) is 56.6 Å². The predicted molar refractivity (Wildman–Crippen MR) is 167 cm³/mol. The SMILES string of the molecule is COc1cc(C(=O)NC2CC3CCCC(C2)N3C)ccc1Nc1ncc2c(n1)N(C1CCCCC1)CC1(CC1)C(=O)N2C. The minimum atomic E-state index is -0.299. The number of carbonyl (C=O) groups is 2. The molecule has 2 N–H and O–H groups in total. The van der Waals surface area contributed by atoms with E-state index in [0.29, 0.717) is 41.1 Å². The smallest absolute Gasteiger partial charge is 0.251 e. The first-order valence-corrected chi connectivity index (χ1v) is 16.2. The van der Waals surface area contributed by atoms with Crippen molar-refractivity contribution >= 4 is 35.0 Å². The lowest BCUT2D eigenvalue weighted by Crippen LogP contribution is -2.55. The Labute approximate surface area is 254 Å². The first-order chi connectivity index (χ1) is 20.8. The van der Waals surface area contributed by atoms with E-state index in [-0.39, 0.29) is 23.3 Å². The van der Waals surface area contributed by atoms with Gasteiger partial charge in [0.25, 0.3) is 5.91 Å². The van der Waals surface area contributed by atoms with E-state index in [1.165, 1.54) is 38.5 Å². The molecule has 5 aliphatic rings. The lowest BCUT2D eigenvalue weighted by Gasteiger charge is -2.47. The van der Waals surface area contributed by atoms with Crippen LogP contribution < -0.4 is 25.2 Å². The molecule has 2 aromatic rings. The summed E-state index contributed by atoms with van der Waals surface area (Å²) in [5, 5.41) is 6.64. The standard InChI is InChI=1S/C33H45N7O3/c1-38-24-10-7-11-25(38)18-22(17-24)35-30(41)21-12-13-26(28(16-21)43-3)36-32-34-19-27-29(37-32)40(23-8-5-4-6-9-23)20-33(14-15-33)31(42)39(27)2/h12-13,16,19,22-25H,4-11,14-15,17-18,20H2,1-3H3,(H,35,41)(H,34,36,37). The Morgan fingerprint density at radius 2 is 1.72 bits per heavy atom. The van der Waals surface area contributed by atoms with Gasteiger partial charge in [-0.2, -0.15) is 4.98 Å². The van der Waals surface area contributed by atoms with Gasteiger partial charge in [0.2, 0.25) is 11.9 Å². The molecule has 2 bridgehead atoms. The number of aromatic nitrogens is 2. The molecule has 2 saturated carbocycles. The molecule has 2 aliphatic carbocycles. The lowest BCUT2D eigenvalue weighted by molar-refractivity contribution is -0.123.